The summed E-state index contributed by atoms with van der Waals surface area (Å²) in [4.78, 5) is 12.6. The van der Waals surface area contributed by atoms with Gasteiger partial charge in [0.15, 0.2) is 0 Å². The Balaban J connectivity index is 1.81. The first-order valence-corrected chi connectivity index (χ1v) is 6.85. The molecule has 0 spiro atoms. The van der Waals surface area contributed by atoms with Crippen molar-refractivity contribution in [2.45, 2.75) is 31.6 Å². The molecule has 1 heteroatoms. The molecule has 0 radical (unpaired) electrons. The van der Waals surface area contributed by atoms with Gasteiger partial charge in [0.1, 0.15) is 5.78 Å². The van der Waals surface area contributed by atoms with Crippen molar-refractivity contribution in [3.8, 4) is 0 Å². The summed E-state index contributed by atoms with van der Waals surface area (Å²) in [6.45, 7) is 2.08. The molecule has 1 aliphatic carbocycles. The van der Waals surface area contributed by atoms with Crippen molar-refractivity contribution in [3.05, 3.63) is 71.3 Å². The summed E-state index contributed by atoms with van der Waals surface area (Å²) < 4.78 is 0. The van der Waals surface area contributed by atoms with Crippen molar-refractivity contribution in [1.82, 2.24) is 0 Å². The highest BCUT2D eigenvalue weighted by Crippen LogP contribution is 2.49. The molecule has 3 rings (SSSR count). The number of aryl methyl sites for hydroxylation is 1. The molecule has 1 nitrogen and oxygen atoms in total. The van der Waals surface area contributed by atoms with Gasteiger partial charge in [-0.05, 0) is 30.9 Å². The normalized spacial score (nSPS) is 16.1. The van der Waals surface area contributed by atoms with Crippen LogP contribution in [0.2, 0.25) is 0 Å². The quantitative estimate of drug-likeness (QED) is 0.805. The zero-order valence-corrected chi connectivity index (χ0v) is 11.2. The van der Waals surface area contributed by atoms with Gasteiger partial charge in [-0.15, -0.1) is 0 Å². The maximum Gasteiger partial charge on any atom is 0.147 e. The molecule has 0 atom stereocenters. The molecule has 0 unspecified atom stereocenters. The molecule has 1 fully saturated rings. The van der Waals surface area contributed by atoms with Crippen molar-refractivity contribution in [1.29, 1.82) is 0 Å². The van der Waals surface area contributed by atoms with E-state index in [0.29, 0.717) is 12.2 Å². The third kappa shape index (κ3) is 2.33. The SMILES string of the molecule is Cc1ccc(C2(C(=O)Cc3ccccc3)CC2)cc1. The highest BCUT2D eigenvalue weighted by atomic mass is 16.1. The summed E-state index contributed by atoms with van der Waals surface area (Å²) in [5, 5.41) is 0. The lowest BCUT2D eigenvalue weighted by Gasteiger charge is -2.15. The highest BCUT2D eigenvalue weighted by molar-refractivity contribution is 5.94. The fourth-order valence-electron chi connectivity index (χ4n) is 2.68. The lowest BCUT2D eigenvalue weighted by Crippen LogP contribution is -2.22. The minimum absolute atomic E-state index is 0.191. The number of hydrogen-bond acceptors (Lipinski definition) is 1. The van der Waals surface area contributed by atoms with Crippen LogP contribution in [0, 0.1) is 6.92 Å². The first kappa shape index (κ1) is 12.2. The average Bonchev–Trinajstić information content (AvgIpc) is 3.22. The molecule has 96 valence electrons. The Morgan fingerprint density at radius 2 is 1.63 bits per heavy atom. The van der Waals surface area contributed by atoms with Gasteiger partial charge in [-0.2, -0.15) is 0 Å². The van der Waals surface area contributed by atoms with E-state index in [9.17, 15) is 4.79 Å². The second-order valence-corrected chi connectivity index (χ2v) is 5.53. The fourth-order valence-corrected chi connectivity index (χ4v) is 2.68. The molecular weight excluding hydrogens is 232 g/mol. The van der Waals surface area contributed by atoms with E-state index in [-0.39, 0.29) is 5.41 Å². The van der Waals surface area contributed by atoms with Crippen LogP contribution in [0.3, 0.4) is 0 Å². The van der Waals surface area contributed by atoms with Gasteiger partial charge in [0.25, 0.3) is 0 Å². The van der Waals surface area contributed by atoms with Crippen LogP contribution in [0.4, 0.5) is 0 Å². The average molecular weight is 250 g/mol. The predicted molar refractivity (Wildman–Crippen MR) is 77.2 cm³/mol. The third-order valence-electron chi connectivity index (χ3n) is 4.10. The Bertz CT molecular complexity index is 577. The summed E-state index contributed by atoms with van der Waals surface area (Å²) >= 11 is 0. The van der Waals surface area contributed by atoms with E-state index in [1.807, 2.05) is 30.3 Å². The third-order valence-corrected chi connectivity index (χ3v) is 4.10. The first-order chi connectivity index (χ1) is 9.21. The number of hydrogen-bond donors (Lipinski definition) is 0. The van der Waals surface area contributed by atoms with E-state index >= 15 is 0 Å². The van der Waals surface area contributed by atoms with Crippen LogP contribution in [0.25, 0.3) is 0 Å². The molecule has 0 saturated heterocycles. The van der Waals surface area contributed by atoms with Crippen LogP contribution in [0.1, 0.15) is 29.5 Å². The van der Waals surface area contributed by atoms with E-state index in [2.05, 4.69) is 31.2 Å². The predicted octanol–water partition coefficient (Wildman–Crippen LogP) is 3.84. The minimum Gasteiger partial charge on any atom is -0.298 e. The standard InChI is InChI=1S/C18H18O/c1-14-7-9-16(10-8-14)18(11-12-18)17(19)13-15-5-3-2-4-6-15/h2-10H,11-13H2,1H3. The van der Waals surface area contributed by atoms with E-state index in [1.165, 1.54) is 11.1 Å². The summed E-state index contributed by atoms with van der Waals surface area (Å²) in [5.74, 6) is 0.363. The topological polar surface area (TPSA) is 17.1 Å². The summed E-state index contributed by atoms with van der Waals surface area (Å²) in [5.41, 5.74) is 3.36. The van der Waals surface area contributed by atoms with Gasteiger partial charge < -0.3 is 0 Å². The van der Waals surface area contributed by atoms with Gasteiger partial charge in [0, 0.05) is 6.42 Å². The maximum atomic E-state index is 12.6. The molecule has 0 bridgehead atoms. The zero-order valence-electron chi connectivity index (χ0n) is 11.2. The zero-order chi connectivity index (χ0) is 13.3. The van der Waals surface area contributed by atoms with Crippen LogP contribution in [-0.2, 0) is 16.6 Å². The Morgan fingerprint density at radius 3 is 2.21 bits per heavy atom. The molecule has 1 saturated carbocycles. The number of ketones is 1. The van der Waals surface area contributed by atoms with E-state index in [4.69, 9.17) is 0 Å². The lowest BCUT2D eigenvalue weighted by atomic mass is 9.87. The monoisotopic (exact) mass is 250 g/mol. The van der Waals surface area contributed by atoms with Crippen LogP contribution in [0.15, 0.2) is 54.6 Å². The largest absolute Gasteiger partial charge is 0.298 e. The van der Waals surface area contributed by atoms with Crippen molar-refractivity contribution >= 4 is 5.78 Å². The molecule has 19 heavy (non-hydrogen) atoms. The number of benzene rings is 2. The van der Waals surface area contributed by atoms with Crippen LogP contribution in [0.5, 0.6) is 0 Å². The summed E-state index contributed by atoms with van der Waals surface area (Å²) in [7, 11) is 0. The van der Waals surface area contributed by atoms with E-state index < -0.39 is 0 Å². The summed E-state index contributed by atoms with van der Waals surface area (Å²) in [6, 6.07) is 18.5. The Hall–Kier alpha value is -1.89. The smallest absolute Gasteiger partial charge is 0.147 e. The molecule has 1 aliphatic rings. The number of carbonyl (C=O) groups excluding carboxylic acids is 1. The molecule has 0 heterocycles. The van der Waals surface area contributed by atoms with Crippen molar-refractivity contribution in [3.63, 3.8) is 0 Å². The Labute approximate surface area is 114 Å². The van der Waals surface area contributed by atoms with Gasteiger partial charge in [0.2, 0.25) is 0 Å². The molecule has 0 aromatic heterocycles. The molecule has 2 aromatic rings. The molecule has 0 aliphatic heterocycles. The van der Waals surface area contributed by atoms with Crippen molar-refractivity contribution in [2.24, 2.45) is 0 Å². The summed E-state index contributed by atoms with van der Waals surface area (Å²) in [6.07, 6.45) is 2.55. The second kappa shape index (κ2) is 4.65. The second-order valence-electron chi connectivity index (χ2n) is 5.53. The maximum absolute atomic E-state index is 12.6. The fraction of sp³-hybridized carbons (Fsp3) is 0.278. The van der Waals surface area contributed by atoms with E-state index in [1.54, 1.807) is 0 Å². The number of rotatable bonds is 4. The van der Waals surface area contributed by atoms with Crippen molar-refractivity contribution < 1.29 is 4.79 Å². The van der Waals surface area contributed by atoms with Gasteiger partial charge in [-0.3, -0.25) is 4.79 Å². The molecular formula is C18H18O. The van der Waals surface area contributed by atoms with Crippen LogP contribution < -0.4 is 0 Å². The van der Waals surface area contributed by atoms with Gasteiger partial charge in [-0.1, -0.05) is 60.2 Å². The van der Waals surface area contributed by atoms with E-state index in [0.717, 1.165) is 18.4 Å². The molecule has 2 aromatic carbocycles. The Kier molecular flexibility index (Phi) is 2.98. The number of carbonyl (C=O) groups is 1. The molecule has 0 N–H and O–H groups in total. The molecule has 0 amide bonds. The van der Waals surface area contributed by atoms with Crippen LogP contribution in [-0.4, -0.2) is 5.78 Å². The highest BCUT2D eigenvalue weighted by Gasteiger charge is 2.50. The Morgan fingerprint density at radius 1 is 1.00 bits per heavy atom. The van der Waals surface area contributed by atoms with Gasteiger partial charge in [0.05, 0.1) is 5.41 Å². The lowest BCUT2D eigenvalue weighted by molar-refractivity contribution is -0.120. The first-order valence-electron chi connectivity index (χ1n) is 6.85. The van der Waals surface area contributed by atoms with Crippen LogP contribution >= 0.6 is 0 Å². The van der Waals surface area contributed by atoms with Crippen molar-refractivity contribution in [2.75, 3.05) is 0 Å². The van der Waals surface area contributed by atoms with Gasteiger partial charge >= 0.3 is 0 Å². The van der Waals surface area contributed by atoms with Gasteiger partial charge in [-0.25, -0.2) is 0 Å². The number of Topliss-reactive ketones (excluding diaryl/α,β-unsaturated/α-hetero) is 1. The minimum atomic E-state index is -0.191.